The Balaban J connectivity index is 1.36. The van der Waals surface area contributed by atoms with E-state index in [2.05, 4.69) is 27.9 Å². The number of carboxylic acid groups (broad SMARTS) is 1. The average molecular weight is 477 g/mol. The Labute approximate surface area is 203 Å². The maximum Gasteiger partial charge on any atom is 0.412 e. The van der Waals surface area contributed by atoms with Crippen molar-refractivity contribution < 1.29 is 24.2 Å². The van der Waals surface area contributed by atoms with Gasteiger partial charge in [-0.1, -0.05) is 62.4 Å². The van der Waals surface area contributed by atoms with Gasteiger partial charge in [0.05, 0.1) is 6.42 Å². The third-order valence-electron chi connectivity index (χ3n) is 6.04. The highest BCUT2D eigenvalue weighted by Crippen LogP contribution is 2.44. The van der Waals surface area contributed by atoms with Crippen molar-refractivity contribution in [1.82, 2.24) is 15.1 Å². The lowest BCUT2D eigenvalue weighted by Gasteiger charge is -2.22. The van der Waals surface area contributed by atoms with Crippen LogP contribution in [0.25, 0.3) is 11.1 Å². The SMILES string of the molecule is Cn1nc(NC(=O)OCC2c3ccccc3-c3ccccc32)cc1C(=O)NCC(C)(C)CC(=O)O. The van der Waals surface area contributed by atoms with Crippen LogP contribution in [0.2, 0.25) is 0 Å². The molecule has 0 bridgehead atoms. The normalized spacial score (nSPS) is 12.5. The first-order chi connectivity index (χ1) is 16.6. The predicted octanol–water partition coefficient (Wildman–Crippen LogP) is 4.01. The number of aryl methyl sites for hydroxylation is 1. The van der Waals surface area contributed by atoms with Gasteiger partial charge in [0, 0.05) is 25.6 Å². The molecule has 0 spiro atoms. The molecule has 4 rings (SSSR count). The molecule has 9 heteroatoms. The van der Waals surface area contributed by atoms with Gasteiger partial charge in [-0.15, -0.1) is 0 Å². The average Bonchev–Trinajstić information content (AvgIpc) is 3.32. The van der Waals surface area contributed by atoms with Crippen LogP contribution in [0.4, 0.5) is 10.6 Å². The summed E-state index contributed by atoms with van der Waals surface area (Å²) in [6.07, 6.45) is -0.743. The second-order valence-electron chi connectivity index (χ2n) is 9.41. The fourth-order valence-corrected chi connectivity index (χ4v) is 4.36. The summed E-state index contributed by atoms with van der Waals surface area (Å²) in [6.45, 7) is 3.86. The van der Waals surface area contributed by atoms with Crippen LogP contribution < -0.4 is 10.6 Å². The van der Waals surface area contributed by atoms with E-state index in [9.17, 15) is 14.4 Å². The van der Waals surface area contributed by atoms with E-state index >= 15 is 0 Å². The maximum absolute atomic E-state index is 12.6. The summed E-state index contributed by atoms with van der Waals surface area (Å²) in [7, 11) is 1.58. The Morgan fingerprint density at radius 2 is 1.66 bits per heavy atom. The fourth-order valence-electron chi connectivity index (χ4n) is 4.36. The third kappa shape index (κ3) is 5.34. The third-order valence-corrected chi connectivity index (χ3v) is 6.04. The largest absolute Gasteiger partial charge is 0.481 e. The molecule has 1 aliphatic carbocycles. The molecule has 9 nitrogen and oxygen atoms in total. The maximum atomic E-state index is 12.6. The van der Waals surface area contributed by atoms with Crippen LogP contribution in [0.5, 0.6) is 0 Å². The van der Waals surface area contributed by atoms with Crippen molar-refractivity contribution in [3.05, 3.63) is 71.4 Å². The van der Waals surface area contributed by atoms with Crippen molar-refractivity contribution in [2.24, 2.45) is 12.5 Å². The van der Waals surface area contributed by atoms with E-state index in [1.54, 1.807) is 20.9 Å². The van der Waals surface area contributed by atoms with Gasteiger partial charge in [-0.3, -0.25) is 19.6 Å². The van der Waals surface area contributed by atoms with Crippen LogP contribution >= 0.6 is 0 Å². The minimum absolute atomic E-state index is 0.0626. The molecule has 3 aromatic rings. The Morgan fingerprint density at radius 1 is 1.06 bits per heavy atom. The minimum atomic E-state index is -0.931. The summed E-state index contributed by atoms with van der Waals surface area (Å²) in [5.41, 5.74) is 4.13. The number of carbonyl (C=O) groups excluding carboxylic acids is 2. The molecule has 0 unspecified atom stereocenters. The first kappa shape index (κ1) is 24.0. The monoisotopic (exact) mass is 476 g/mol. The number of benzene rings is 2. The van der Waals surface area contributed by atoms with E-state index in [1.807, 2.05) is 36.4 Å². The van der Waals surface area contributed by atoms with Gasteiger partial charge in [0.2, 0.25) is 0 Å². The second kappa shape index (κ2) is 9.61. The van der Waals surface area contributed by atoms with Gasteiger partial charge < -0.3 is 15.2 Å². The Morgan fingerprint density at radius 3 is 2.26 bits per heavy atom. The molecule has 2 amide bonds. The zero-order chi connectivity index (χ0) is 25.2. The molecule has 1 aliphatic rings. The molecule has 3 N–H and O–H groups in total. The molecule has 182 valence electrons. The summed E-state index contributed by atoms with van der Waals surface area (Å²) in [5, 5.41) is 18.5. The smallest absolute Gasteiger partial charge is 0.412 e. The second-order valence-corrected chi connectivity index (χ2v) is 9.41. The number of carbonyl (C=O) groups is 3. The molecule has 0 atom stereocenters. The molecule has 1 aromatic heterocycles. The van der Waals surface area contributed by atoms with E-state index < -0.39 is 23.4 Å². The van der Waals surface area contributed by atoms with Gasteiger partial charge in [0.1, 0.15) is 12.3 Å². The highest BCUT2D eigenvalue weighted by Gasteiger charge is 2.29. The molecule has 1 heterocycles. The van der Waals surface area contributed by atoms with Gasteiger partial charge in [-0.05, 0) is 27.7 Å². The molecule has 35 heavy (non-hydrogen) atoms. The lowest BCUT2D eigenvalue weighted by atomic mass is 9.89. The molecule has 0 fully saturated rings. The molecular formula is C26H28N4O5. The number of aliphatic carboxylic acids is 1. The molecular weight excluding hydrogens is 448 g/mol. The number of aromatic nitrogens is 2. The molecule has 0 radical (unpaired) electrons. The number of nitrogens with zero attached hydrogens (tertiary/aromatic N) is 2. The zero-order valence-electron chi connectivity index (χ0n) is 19.9. The first-order valence-electron chi connectivity index (χ1n) is 11.3. The van der Waals surface area contributed by atoms with Crippen molar-refractivity contribution in [3.8, 4) is 11.1 Å². The standard InChI is InChI=1S/C26H28N4O5/c1-26(2,13-23(31)32)15-27-24(33)21-12-22(29-30(21)3)28-25(34)35-14-20-18-10-6-4-8-16(18)17-9-5-7-11-19(17)20/h4-12,20H,13-15H2,1-3H3,(H,27,33)(H,31,32)(H,28,29,34). The first-order valence-corrected chi connectivity index (χ1v) is 11.3. The van der Waals surface area contributed by atoms with Crippen LogP contribution in [0, 0.1) is 5.41 Å². The lowest BCUT2D eigenvalue weighted by molar-refractivity contribution is -0.139. The summed E-state index contributed by atoms with van der Waals surface area (Å²) < 4.78 is 6.87. The van der Waals surface area contributed by atoms with Gasteiger partial charge in [-0.25, -0.2) is 4.79 Å². The van der Waals surface area contributed by atoms with Crippen LogP contribution in [-0.4, -0.2) is 46.0 Å². The van der Waals surface area contributed by atoms with Crippen LogP contribution in [0.3, 0.4) is 0 Å². The van der Waals surface area contributed by atoms with Gasteiger partial charge in [-0.2, -0.15) is 5.10 Å². The van der Waals surface area contributed by atoms with Crippen molar-refractivity contribution in [2.75, 3.05) is 18.5 Å². The number of nitrogens with one attached hydrogen (secondary N) is 2. The van der Waals surface area contributed by atoms with Crippen molar-refractivity contribution in [2.45, 2.75) is 26.2 Å². The van der Waals surface area contributed by atoms with Crippen molar-refractivity contribution in [3.63, 3.8) is 0 Å². The number of rotatable bonds is 8. The van der Waals surface area contributed by atoms with Crippen molar-refractivity contribution >= 4 is 23.8 Å². The summed E-state index contributed by atoms with van der Waals surface area (Å²) >= 11 is 0. The van der Waals surface area contributed by atoms with Gasteiger partial charge in [0.25, 0.3) is 5.91 Å². The Kier molecular flexibility index (Phi) is 6.59. The molecule has 0 saturated carbocycles. The molecule has 2 aromatic carbocycles. The number of ether oxygens (including phenoxy) is 1. The number of amides is 2. The summed E-state index contributed by atoms with van der Waals surface area (Å²) in [4.78, 5) is 36.0. The minimum Gasteiger partial charge on any atom is -0.481 e. The highest BCUT2D eigenvalue weighted by atomic mass is 16.5. The number of fused-ring (bicyclic) bond motifs is 3. The number of anilines is 1. The van der Waals surface area contributed by atoms with E-state index in [1.165, 1.54) is 10.7 Å². The number of carboxylic acids is 1. The molecule has 0 aliphatic heterocycles. The Bertz CT molecular complexity index is 1230. The van der Waals surface area contributed by atoms with Crippen LogP contribution in [-0.2, 0) is 16.6 Å². The van der Waals surface area contributed by atoms with Gasteiger partial charge in [0.15, 0.2) is 5.82 Å². The Hall–Kier alpha value is -4.14. The van der Waals surface area contributed by atoms with Gasteiger partial charge >= 0.3 is 12.1 Å². The summed E-state index contributed by atoms with van der Waals surface area (Å²) in [6, 6.07) is 17.6. The van der Waals surface area contributed by atoms with E-state index in [4.69, 9.17) is 9.84 Å². The van der Waals surface area contributed by atoms with Crippen LogP contribution in [0.15, 0.2) is 54.6 Å². The van der Waals surface area contributed by atoms with E-state index in [0.717, 1.165) is 22.3 Å². The number of hydrogen-bond acceptors (Lipinski definition) is 5. The highest BCUT2D eigenvalue weighted by molar-refractivity contribution is 5.94. The van der Waals surface area contributed by atoms with E-state index in [0.29, 0.717) is 0 Å². The fraction of sp³-hybridized carbons (Fsp3) is 0.308. The number of hydrogen-bond donors (Lipinski definition) is 3. The molecule has 0 saturated heterocycles. The van der Waals surface area contributed by atoms with E-state index in [-0.39, 0.29) is 37.0 Å². The topological polar surface area (TPSA) is 123 Å². The van der Waals surface area contributed by atoms with Crippen molar-refractivity contribution in [1.29, 1.82) is 0 Å². The predicted molar refractivity (Wildman–Crippen MR) is 130 cm³/mol. The zero-order valence-corrected chi connectivity index (χ0v) is 19.9. The quantitative estimate of drug-likeness (QED) is 0.451. The van der Waals surface area contributed by atoms with Crippen LogP contribution in [0.1, 0.15) is 47.8 Å². The lowest BCUT2D eigenvalue weighted by Crippen LogP contribution is -2.36. The summed E-state index contributed by atoms with van der Waals surface area (Å²) in [5.74, 6) is -1.23.